The van der Waals surface area contributed by atoms with E-state index in [9.17, 15) is 43.2 Å². The van der Waals surface area contributed by atoms with Crippen molar-refractivity contribution in [3.63, 3.8) is 0 Å². The predicted molar refractivity (Wildman–Crippen MR) is 423 cm³/mol. The number of phosphoric acid groups is 2. The third kappa shape index (κ3) is 75.3. The molecule has 0 aromatic heterocycles. The van der Waals surface area contributed by atoms with Crippen molar-refractivity contribution in [3.05, 3.63) is 0 Å². The largest absolute Gasteiger partial charge is 0.472 e. The predicted octanol–water partition coefficient (Wildman–Crippen LogP) is 25.2. The van der Waals surface area contributed by atoms with Gasteiger partial charge in [0.05, 0.1) is 26.4 Å². The molecule has 612 valence electrons. The Balaban J connectivity index is 5.18. The average molecular weight is 1510 g/mol. The maximum absolute atomic E-state index is 13.1. The van der Waals surface area contributed by atoms with Gasteiger partial charge in [-0.3, -0.25) is 37.3 Å². The minimum absolute atomic E-state index is 0.102. The molecule has 0 saturated heterocycles. The summed E-state index contributed by atoms with van der Waals surface area (Å²) in [6.45, 7) is 14.3. The molecule has 0 radical (unpaired) electrons. The summed E-state index contributed by atoms with van der Waals surface area (Å²) < 4.78 is 68.7. The Kier molecular flexibility index (Phi) is 71.5. The van der Waals surface area contributed by atoms with Gasteiger partial charge in [-0.05, 0) is 49.4 Å². The molecule has 3 N–H and O–H groups in total. The van der Waals surface area contributed by atoms with Crippen LogP contribution in [0.5, 0.6) is 0 Å². The number of carbonyl (C=O) groups is 4. The van der Waals surface area contributed by atoms with E-state index in [4.69, 9.17) is 37.0 Å². The summed E-state index contributed by atoms with van der Waals surface area (Å²) in [7, 11) is -9.92. The fourth-order valence-electron chi connectivity index (χ4n) is 12.9. The molecule has 0 aliphatic heterocycles. The first-order valence-electron chi connectivity index (χ1n) is 43.3. The molecule has 0 aromatic rings. The third-order valence-corrected chi connectivity index (χ3v) is 22.2. The lowest BCUT2D eigenvalue weighted by atomic mass is 9.99. The number of hydrogen-bond donors (Lipinski definition) is 3. The van der Waals surface area contributed by atoms with Crippen molar-refractivity contribution in [2.75, 3.05) is 39.6 Å². The zero-order chi connectivity index (χ0) is 76.0. The summed E-state index contributed by atoms with van der Waals surface area (Å²) in [6.07, 6.45) is 61.4. The maximum Gasteiger partial charge on any atom is 0.472 e. The number of esters is 4. The van der Waals surface area contributed by atoms with E-state index in [-0.39, 0.29) is 25.7 Å². The van der Waals surface area contributed by atoms with Gasteiger partial charge in [0.1, 0.15) is 19.3 Å². The van der Waals surface area contributed by atoms with Crippen molar-refractivity contribution < 1.29 is 80.2 Å². The van der Waals surface area contributed by atoms with Crippen LogP contribution in [0.3, 0.4) is 0 Å². The van der Waals surface area contributed by atoms with Crippen molar-refractivity contribution in [1.29, 1.82) is 0 Å². The minimum atomic E-state index is -4.97. The van der Waals surface area contributed by atoms with Crippen LogP contribution in [-0.4, -0.2) is 96.7 Å². The first-order valence-corrected chi connectivity index (χ1v) is 46.3. The lowest BCUT2D eigenvalue weighted by Gasteiger charge is -2.21. The zero-order valence-corrected chi connectivity index (χ0v) is 69.7. The van der Waals surface area contributed by atoms with Crippen LogP contribution in [0, 0.1) is 23.7 Å². The number of aliphatic hydroxyl groups excluding tert-OH is 1. The number of phosphoric ester groups is 2. The fourth-order valence-corrected chi connectivity index (χ4v) is 14.5. The summed E-state index contributed by atoms with van der Waals surface area (Å²) in [6, 6.07) is 0. The van der Waals surface area contributed by atoms with Gasteiger partial charge in [0.2, 0.25) is 0 Å². The second-order valence-electron chi connectivity index (χ2n) is 31.7. The van der Waals surface area contributed by atoms with E-state index in [0.29, 0.717) is 31.6 Å². The molecule has 0 aliphatic carbocycles. The molecule has 0 heterocycles. The highest BCUT2D eigenvalue weighted by Crippen LogP contribution is 2.45. The molecule has 103 heavy (non-hydrogen) atoms. The van der Waals surface area contributed by atoms with E-state index < -0.39 is 97.5 Å². The molecule has 0 fully saturated rings. The van der Waals surface area contributed by atoms with E-state index in [0.717, 1.165) is 114 Å². The molecular weight excluding hydrogens is 1340 g/mol. The number of unbranched alkanes of at least 4 members (excludes halogenated alkanes) is 45. The molecule has 0 rings (SSSR count). The topological polar surface area (TPSA) is 237 Å². The van der Waals surface area contributed by atoms with Gasteiger partial charge >= 0.3 is 39.5 Å². The first kappa shape index (κ1) is 101. The van der Waals surface area contributed by atoms with Crippen molar-refractivity contribution in [1.82, 2.24) is 0 Å². The Labute approximate surface area is 632 Å². The minimum Gasteiger partial charge on any atom is -0.462 e. The van der Waals surface area contributed by atoms with Gasteiger partial charge in [-0.15, -0.1) is 0 Å². The lowest BCUT2D eigenvalue weighted by Crippen LogP contribution is -2.30. The Morgan fingerprint density at radius 1 is 0.272 bits per heavy atom. The van der Waals surface area contributed by atoms with Crippen LogP contribution in [0.25, 0.3) is 0 Å². The molecule has 0 amide bonds. The van der Waals surface area contributed by atoms with Gasteiger partial charge < -0.3 is 33.8 Å². The van der Waals surface area contributed by atoms with Crippen molar-refractivity contribution in [2.24, 2.45) is 23.7 Å². The highest BCUT2D eigenvalue weighted by molar-refractivity contribution is 7.47. The number of ether oxygens (including phenoxy) is 4. The average Bonchev–Trinajstić information content (AvgIpc) is 0.906. The summed E-state index contributed by atoms with van der Waals surface area (Å²) in [4.78, 5) is 73.0. The van der Waals surface area contributed by atoms with E-state index in [1.54, 1.807) is 0 Å². The molecular formula is C84H164O17P2. The number of carbonyl (C=O) groups excluding carboxylic acids is 4. The van der Waals surface area contributed by atoms with Crippen LogP contribution >= 0.6 is 15.6 Å². The van der Waals surface area contributed by atoms with Crippen LogP contribution in [-0.2, 0) is 65.4 Å². The van der Waals surface area contributed by atoms with E-state index in [1.807, 2.05) is 0 Å². The van der Waals surface area contributed by atoms with Crippen LogP contribution in [0.1, 0.15) is 434 Å². The van der Waals surface area contributed by atoms with Crippen molar-refractivity contribution in [3.8, 4) is 0 Å². The molecule has 0 saturated carbocycles. The molecule has 0 aliphatic rings. The van der Waals surface area contributed by atoms with Crippen LogP contribution < -0.4 is 0 Å². The molecule has 0 spiro atoms. The van der Waals surface area contributed by atoms with Crippen LogP contribution in [0.15, 0.2) is 0 Å². The molecule has 5 unspecified atom stereocenters. The van der Waals surface area contributed by atoms with Crippen molar-refractivity contribution in [2.45, 2.75) is 453 Å². The quantitative estimate of drug-likeness (QED) is 0.0222. The summed E-state index contributed by atoms with van der Waals surface area (Å²) >= 11 is 0. The monoisotopic (exact) mass is 1510 g/mol. The van der Waals surface area contributed by atoms with Gasteiger partial charge in [-0.25, -0.2) is 9.13 Å². The van der Waals surface area contributed by atoms with Crippen molar-refractivity contribution >= 4 is 39.5 Å². The van der Waals surface area contributed by atoms with Crippen LogP contribution in [0.4, 0.5) is 0 Å². The zero-order valence-electron chi connectivity index (χ0n) is 68.0. The molecule has 0 aromatic carbocycles. The standard InChI is InChI=1S/C84H164O17P2/c1-9-76(7)62-54-46-38-32-28-24-20-16-12-14-17-21-25-29-33-39-48-56-64-81(86)94-70-79(100-83(88)66-58-50-40-34-30-26-22-18-13-11-15-19-23-27-31-36-44-52-60-74(3)4)72-98-102(90,91)96-68-78(85)69-97-103(92,93)99-73-80(101-84(89)67-59-51-43-42-47-55-63-77(8)10-2)71-95-82(87)65-57-49-41-35-37-45-53-61-75(5)6/h74-80,85H,9-73H2,1-8H3,(H,90,91)(H,92,93)/t76?,77?,78?,79-,80-/m1/s1. The Hall–Kier alpha value is -1.94. The Morgan fingerprint density at radius 3 is 0.689 bits per heavy atom. The lowest BCUT2D eigenvalue weighted by molar-refractivity contribution is -0.161. The Morgan fingerprint density at radius 2 is 0.466 bits per heavy atom. The Bertz CT molecular complexity index is 2010. The van der Waals surface area contributed by atoms with Gasteiger partial charge in [-0.2, -0.15) is 0 Å². The number of rotatable bonds is 81. The number of hydrogen-bond acceptors (Lipinski definition) is 15. The van der Waals surface area contributed by atoms with Crippen LogP contribution in [0.2, 0.25) is 0 Å². The molecule has 7 atom stereocenters. The summed E-state index contributed by atoms with van der Waals surface area (Å²) in [5, 5.41) is 10.6. The normalized spacial score (nSPS) is 14.5. The third-order valence-electron chi connectivity index (χ3n) is 20.3. The smallest absolute Gasteiger partial charge is 0.462 e. The van der Waals surface area contributed by atoms with E-state index in [2.05, 4.69) is 55.4 Å². The van der Waals surface area contributed by atoms with Gasteiger partial charge in [-0.1, -0.05) is 383 Å². The maximum atomic E-state index is 13.1. The highest BCUT2D eigenvalue weighted by atomic mass is 31.2. The fraction of sp³-hybridized carbons (Fsp3) is 0.952. The molecule has 0 bridgehead atoms. The molecule has 19 heteroatoms. The van der Waals surface area contributed by atoms with E-state index in [1.165, 1.54) is 231 Å². The first-order chi connectivity index (χ1) is 49.7. The summed E-state index contributed by atoms with van der Waals surface area (Å²) in [5.74, 6) is 1.00. The second-order valence-corrected chi connectivity index (χ2v) is 34.6. The van der Waals surface area contributed by atoms with Gasteiger partial charge in [0.15, 0.2) is 12.2 Å². The SMILES string of the molecule is CCC(C)CCCCCCCCCCCCCCCCCCCCC(=O)OC[C@H](COP(=O)(O)OCC(O)COP(=O)(O)OC[C@@H](COC(=O)CCCCCCCCCC(C)C)OC(=O)CCCCCCCCC(C)CC)OC(=O)CCCCCCCCCCCCCCCCCCCCC(C)C. The number of aliphatic hydroxyl groups is 1. The van der Waals surface area contributed by atoms with E-state index >= 15 is 0 Å². The highest BCUT2D eigenvalue weighted by Gasteiger charge is 2.30. The molecule has 17 nitrogen and oxygen atoms in total. The van der Waals surface area contributed by atoms with Gasteiger partial charge in [0, 0.05) is 25.7 Å². The van der Waals surface area contributed by atoms with Gasteiger partial charge in [0.25, 0.3) is 0 Å². The summed E-state index contributed by atoms with van der Waals surface area (Å²) in [5.41, 5.74) is 0. The second kappa shape index (κ2) is 72.9.